The Morgan fingerprint density at radius 3 is 2.07 bits per heavy atom. The van der Waals surface area contributed by atoms with Crippen molar-refractivity contribution in [2.45, 2.75) is 13.8 Å². The number of nitrogens with one attached hydrogen (secondary N) is 2. The first kappa shape index (κ1) is 20.7. The number of ether oxygens (including phenoxy) is 1. The monoisotopic (exact) mass is 389 g/mol. The summed E-state index contributed by atoms with van der Waals surface area (Å²) in [5, 5.41) is 6.21. The van der Waals surface area contributed by atoms with Crippen molar-refractivity contribution in [3.05, 3.63) is 53.1 Å². The molecule has 27 heavy (non-hydrogen) atoms. The van der Waals surface area contributed by atoms with Gasteiger partial charge in [-0.25, -0.2) is 0 Å². The lowest BCUT2D eigenvalue weighted by Gasteiger charge is -2.19. The van der Waals surface area contributed by atoms with Gasteiger partial charge in [0, 0.05) is 16.4 Å². The molecule has 0 aliphatic rings. The lowest BCUT2D eigenvalue weighted by atomic mass is 10.2. The van der Waals surface area contributed by atoms with Gasteiger partial charge in [0.05, 0.1) is 20.2 Å². The van der Waals surface area contributed by atoms with Crippen LogP contribution in [0.1, 0.15) is 12.5 Å². The lowest BCUT2D eigenvalue weighted by Crippen LogP contribution is -2.38. The molecule has 0 aromatic heterocycles. The molecule has 0 spiro atoms. The molecule has 0 bridgehead atoms. The van der Waals surface area contributed by atoms with Crippen LogP contribution in [0.25, 0.3) is 0 Å². The molecule has 0 atom stereocenters. The van der Waals surface area contributed by atoms with Crippen LogP contribution in [0.2, 0.25) is 5.02 Å². The number of halogens is 1. The fraction of sp³-hybridized carbons (Fsp3) is 0.300. The maximum Gasteiger partial charge on any atom is 0.238 e. The van der Waals surface area contributed by atoms with Gasteiger partial charge >= 0.3 is 0 Å². The van der Waals surface area contributed by atoms with Gasteiger partial charge in [0.2, 0.25) is 11.8 Å². The molecule has 0 fully saturated rings. The molecule has 144 valence electrons. The number of hydrogen-bond acceptors (Lipinski definition) is 4. The predicted octanol–water partition coefficient (Wildman–Crippen LogP) is 3.56. The quantitative estimate of drug-likeness (QED) is 0.724. The van der Waals surface area contributed by atoms with E-state index in [1.54, 1.807) is 48.4 Å². The first-order chi connectivity index (χ1) is 12.9. The van der Waals surface area contributed by atoms with Crippen LogP contribution in [0.15, 0.2) is 42.5 Å². The van der Waals surface area contributed by atoms with E-state index in [0.29, 0.717) is 22.9 Å². The number of aryl methyl sites for hydroxylation is 1. The molecule has 2 amide bonds. The van der Waals surface area contributed by atoms with Gasteiger partial charge in [-0.15, -0.1) is 0 Å². The second-order valence-corrected chi connectivity index (χ2v) is 6.50. The number of carbonyl (C=O) groups excluding carboxylic acids is 2. The fourth-order valence-electron chi connectivity index (χ4n) is 2.43. The molecule has 7 heteroatoms. The molecule has 0 aliphatic carbocycles. The van der Waals surface area contributed by atoms with E-state index in [2.05, 4.69) is 10.6 Å². The van der Waals surface area contributed by atoms with Crippen LogP contribution < -0.4 is 15.4 Å². The molecule has 2 aromatic rings. The van der Waals surface area contributed by atoms with Gasteiger partial charge in [-0.1, -0.05) is 24.6 Å². The van der Waals surface area contributed by atoms with Crippen LogP contribution in [-0.4, -0.2) is 43.5 Å². The highest BCUT2D eigenvalue weighted by Crippen LogP contribution is 2.20. The number of methoxy groups -OCH3 is 1. The zero-order chi connectivity index (χ0) is 19.8. The Hall–Kier alpha value is -2.57. The number of amides is 2. The van der Waals surface area contributed by atoms with E-state index in [9.17, 15) is 9.59 Å². The van der Waals surface area contributed by atoms with Crippen LogP contribution in [0.4, 0.5) is 11.4 Å². The molecule has 0 radical (unpaired) electrons. The Morgan fingerprint density at radius 1 is 1.00 bits per heavy atom. The van der Waals surface area contributed by atoms with E-state index >= 15 is 0 Å². The average molecular weight is 390 g/mol. The highest BCUT2D eigenvalue weighted by Gasteiger charge is 2.14. The molecule has 0 heterocycles. The highest BCUT2D eigenvalue weighted by atomic mass is 35.5. The standard InChI is InChI=1S/C20H24ClN3O3/c1-4-24(12-19(25)22-15-7-9-17(27-3)10-8-15)13-20(26)23-16-6-5-14(2)18(21)11-16/h5-11H,4,12-13H2,1-3H3,(H,22,25)(H,23,26). The second kappa shape index (κ2) is 9.94. The molecule has 0 saturated carbocycles. The van der Waals surface area contributed by atoms with Crippen molar-refractivity contribution < 1.29 is 14.3 Å². The van der Waals surface area contributed by atoms with Crippen LogP contribution in [-0.2, 0) is 9.59 Å². The SMILES string of the molecule is CCN(CC(=O)Nc1ccc(OC)cc1)CC(=O)Nc1ccc(C)c(Cl)c1. The third-order valence-corrected chi connectivity index (χ3v) is 4.42. The van der Waals surface area contributed by atoms with E-state index in [4.69, 9.17) is 16.3 Å². The highest BCUT2D eigenvalue weighted by molar-refractivity contribution is 6.31. The topological polar surface area (TPSA) is 70.7 Å². The van der Waals surface area contributed by atoms with E-state index < -0.39 is 0 Å². The molecule has 2 rings (SSSR count). The third kappa shape index (κ3) is 6.58. The minimum absolute atomic E-state index is 0.109. The third-order valence-electron chi connectivity index (χ3n) is 4.01. The van der Waals surface area contributed by atoms with Crippen molar-refractivity contribution in [3.8, 4) is 5.75 Å². The van der Waals surface area contributed by atoms with E-state index in [1.807, 2.05) is 19.9 Å². The minimum atomic E-state index is -0.200. The Balaban J connectivity index is 1.86. The smallest absolute Gasteiger partial charge is 0.238 e. The number of hydrogen-bond donors (Lipinski definition) is 2. The number of rotatable bonds is 8. The summed E-state index contributed by atoms with van der Waals surface area (Å²) in [6, 6.07) is 12.4. The van der Waals surface area contributed by atoms with Crippen molar-refractivity contribution in [3.63, 3.8) is 0 Å². The Labute approximate surface area is 164 Å². The minimum Gasteiger partial charge on any atom is -0.497 e. The lowest BCUT2D eigenvalue weighted by molar-refractivity contribution is -0.119. The number of likely N-dealkylation sites (N-methyl/N-ethyl adjacent to an activating group) is 1. The van der Waals surface area contributed by atoms with Gasteiger partial charge < -0.3 is 15.4 Å². The van der Waals surface area contributed by atoms with Crippen molar-refractivity contribution in [1.82, 2.24) is 4.90 Å². The summed E-state index contributed by atoms with van der Waals surface area (Å²) in [7, 11) is 1.59. The molecule has 2 aromatic carbocycles. The van der Waals surface area contributed by atoms with Crippen LogP contribution in [0.3, 0.4) is 0 Å². The first-order valence-electron chi connectivity index (χ1n) is 8.63. The predicted molar refractivity (Wildman–Crippen MR) is 109 cm³/mol. The Morgan fingerprint density at radius 2 is 1.56 bits per heavy atom. The normalized spacial score (nSPS) is 10.6. The number of anilines is 2. The van der Waals surface area contributed by atoms with Crippen LogP contribution in [0, 0.1) is 6.92 Å². The molecule has 0 saturated heterocycles. The van der Waals surface area contributed by atoms with Crippen molar-refractivity contribution in [2.75, 3.05) is 37.4 Å². The van der Waals surface area contributed by atoms with Crippen LogP contribution >= 0.6 is 11.6 Å². The van der Waals surface area contributed by atoms with Gasteiger partial charge in [-0.05, 0) is 55.4 Å². The molecule has 6 nitrogen and oxygen atoms in total. The zero-order valence-corrected chi connectivity index (χ0v) is 16.5. The summed E-state index contributed by atoms with van der Waals surface area (Å²) >= 11 is 6.07. The van der Waals surface area contributed by atoms with Gasteiger partial charge in [0.25, 0.3) is 0 Å². The van der Waals surface area contributed by atoms with Gasteiger partial charge in [0.15, 0.2) is 0 Å². The molecular weight excluding hydrogens is 366 g/mol. The number of benzene rings is 2. The number of carbonyl (C=O) groups is 2. The van der Waals surface area contributed by atoms with E-state index in [1.165, 1.54) is 0 Å². The van der Waals surface area contributed by atoms with E-state index in [-0.39, 0.29) is 24.9 Å². The largest absolute Gasteiger partial charge is 0.497 e. The number of nitrogens with zero attached hydrogens (tertiary/aromatic N) is 1. The maximum absolute atomic E-state index is 12.2. The zero-order valence-electron chi connectivity index (χ0n) is 15.7. The molecular formula is C20H24ClN3O3. The first-order valence-corrected chi connectivity index (χ1v) is 9.01. The van der Waals surface area contributed by atoms with Crippen molar-refractivity contribution >= 4 is 34.8 Å². The fourth-order valence-corrected chi connectivity index (χ4v) is 2.61. The van der Waals surface area contributed by atoms with Gasteiger partial charge in [-0.2, -0.15) is 0 Å². The van der Waals surface area contributed by atoms with Gasteiger partial charge in [0.1, 0.15) is 5.75 Å². The molecule has 0 aliphatic heterocycles. The summed E-state index contributed by atoms with van der Waals surface area (Å²) in [6.45, 7) is 4.59. The van der Waals surface area contributed by atoms with Crippen LogP contribution in [0.5, 0.6) is 5.75 Å². The molecule has 0 unspecified atom stereocenters. The average Bonchev–Trinajstić information content (AvgIpc) is 2.64. The summed E-state index contributed by atoms with van der Waals surface area (Å²) in [5.41, 5.74) is 2.25. The van der Waals surface area contributed by atoms with Crippen molar-refractivity contribution in [1.29, 1.82) is 0 Å². The molecule has 2 N–H and O–H groups in total. The summed E-state index contributed by atoms with van der Waals surface area (Å²) in [5.74, 6) is 0.332. The summed E-state index contributed by atoms with van der Waals surface area (Å²) < 4.78 is 5.09. The Kier molecular flexibility index (Phi) is 7.64. The Bertz CT molecular complexity index is 794. The van der Waals surface area contributed by atoms with Crippen molar-refractivity contribution in [2.24, 2.45) is 0 Å². The summed E-state index contributed by atoms with van der Waals surface area (Å²) in [6.07, 6.45) is 0. The summed E-state index contributed by atoms with van der Waals surface area (Å²) in [4.78, 5) is 26.2. The van der Waals surface area contributed by atoms with Gasteiger partial charge in [-0.3, -0.25) is 14.5 Å². The van der Waals surface area contributed by atoms with E-state index in [0.717, 1.165) is 11.3 Å². The maximum atomic E-state index is 12.2. The second-order valence-electron chi connectivity index (χ2n) is 6.09.